The fraction of sp³-hybridized carbons (Fsp3) is 0.538. The van der Waals surface area contributed by atoms with Gasteiger partial charge in [-0.25, -0.2) is 8.42 Å². The standard InChI is InChI=1S/C13H19BrN2O2S/c1-10-9-19(17,18)6-5-16(10)13(8-15)11-3-2-4-12(14)7-11/h2-4,7,10,13H,5-6,8-9,15H2,1H3. The van der Waals surface area contributed by atoms with Crippen LogP contribution in [0, 0.1) is 0 Å². The van der Waals surface area contributed by atoms with E-state index in [1.807, 2.05) is 31.2 Å². The Balaban J connectivity index is 2.23. The van der Waals surface area contributed by atoms with Gasteiger partial charge in [-0.2, -0.15) is 0 Å². The van der Waals surface area contributed by atoms with Crippen LogP contribution in [0.3, 0.4) is 0 Å². The summed E-state index contributed by atoms with van der Waals surface area (Å²) in [7, 11) is -2.89. The van der Waals surface area contributed by atoms with E-state index in [1.54, 1.807) is 0 Å². The molecule has 106 valence electrons. The first kappa shape index (κ1) is 15.0. The quantitative estimate of drug-likeness (QED) is 0.902. The smallest absolute Gasteiger partial charge is 0.153 e. The number of sulfone groups is 1. The zero-order valence-corrected chi connectivity index (χ0v) is 13.3. The Morgan fingerprint density at radius 2 is 2.26 bits per heavy atom. The Morgan fingerprint density at radius 1 is 1.53 bits per heavy atom. The lowest BCUT2D eigenvalue weighted by Crippen LogP contribution is -2.50. The van der Waals surface area contributed by atoms with E-state index in [2.05, 4.69) is 20.8 Å². The van der Waals surface area contributed by atoms with Gasteiger partial charge in [-0.15, -0.1) is 0 Å². The van der Waals surface area contributed by atoms with Crippen LogP contribution in [0.25, 0.3) is 0 Å². The van der Waals surface area contributed by atoms with E-state index in [9.17, 15) is 8.42 Å². The maximum absolute atomic E-state index is 11.6. The molecule has 1 fully saturated rings. The van der Waals surface area contributed by atoms with Crippen molar-refractivity contribution in [2.24, 2.45) is 5.73 Å². The predicted octanol–water partition coefficient (Wildman–Crippen LogP) is 1.57. The van der Waals surface area contributed by atoms with Gasteiger partial charge in [0, 0.05) is 29.6 Å². The lowest BCUT2D eigenvalue weighted by atomic mass is 10.0. The number of rotatable bonds is 3. The molecule has 2 rings (SSSR count). The molecule has 1 heterocycles. The molecule has 1 aliphatic heterocycles. The lowest BCUT2D eigenvalue weighted by molar-refractivity contribution is 0.162. The molecule has 0 spiro atoms. The van der Waals surface area contributed by atoms with Gasteiger partial charge in [0.25, 0.3) is 0 Å². The molecular weight excluding hydrogens is 328 g/mol. The first-order valence-electron chi connectivity index (χ1n) is 6.34. The third-order valence-electron chi connectivity index (χ3n) is 3.58. The van der Waals surface area contributed by atoms with Crippen molar-refractivity contribution in [1.29, 1.82) is 0 Å². The van der Waals surface area contributed by atoms with E-state index in [1.165, 1.54) is 0 Å². The van der Waals surface area contributed by atoms with E-state index in [0.717, 1.165) is 10.0 Å². The van der Waals surface area contributed by atoms with Crippen LogP contribution in [0.2, 0.25) is 0 Å². The zero-order valence-electron chi connectivity index (χ0n) is 10.9. The van der Waals surface area contributed by atoms with Gasteiger partial charge in [-0.05, 0) is 24.6 Å². The monoisotopic (exact) mass is 346 g/mol. The highest BCUT2D eigenvalue weighted by Gasteiger charge is 2.32. The second-order valence-corrected chi connectivity index (χ2v) is 8.15. The van der Waals surface area contributed by atoms with Gasteiger partial charge in [-0.1, -0.05) is 28.1 Å². The molecule has 1 aliphatic rings. The summed E-state index contributed by atoms with van der Waals surface area (Å²) in [6, 6.07) is 8.12. The molecule has 4 nitrogen and oxygen atoms in total. The molecule has 1 aromatic rings. The van der Waals surface area contributed by atoms with Crippen molar-refractivity contribution in [3.05, 3.63) is 34.3 Å². The minimum absolute atomic E-state index is 0.00582. The molecule has 2 atom stereocenters. The van der Waals surface area contributed by atoms with E-state index in [-0.39, 0.29) is 23.6 Å². The third-order valence-corrected chi connectivity index (χ3v) is 5.87. The summed E-state index contributed by atoms with van der Waals surface area (Å²) < 4.78 is 24.3. The molecular formula is C13H19BrN2O2S. The average Bonchev–Trinajstić information content (AvgIpc) is 2.32. The van der Waals surface area contributed by atoms with Crippen molar-refractivity contribution in [2.45, 2.75) is 19.0 Å². The highest BCUT2D eigenvalue weighted by molar-refractivity contribution is 9.10. The first-order chi connectivity index (χ1) is 8.93. The lowest BCUT2D eigenvalue weighted by Gasteiger charge is -2.39. The average molecular weight is 347 g/mol. The molecule has 1 aromatic carbocycles. The highest BCUT2D eigenvalue weighted by Crippen LogP contribution is 2.27. The summed E-state index contributed by atoms with van der Waals surface area (Å²) in [5.74, 6) is 0.444. The minimum atomic E-state index is -2.89. The van der Waals surface area contributed by atoms with E-state index >= 15 is 0 Å². The van der Waals surface area contributed by atoms with Gasteiger partial charge >= 0.3 is 0 Å². The number of benzene rings is 1. The zero-order chi connectivity index (χ0) is 14.0. The molecule has 0 aromatic heterocycles. The summed E-state index contributed by atoms with van der Waals surface area (Å²) in [5, 5.41) is 0. The Kier molecular flexibility index (Phi) is 4.66. The fourth-order valence-electron chi connectivity index (χ4n) is 2.65. The molecule has 2 unspecified atom stereocenters. The summed E-state index contributed by atoms with van der Waals surface area (Å²) in [6.07, 6.45) is 0. The van der Waals surface area contributed by atoms with Gasteiger partial charge in [0.05, 0.1) is 11.5 Å². The van der Waals surface area contributed by atoms with Crippen LogP contribution in [0.5, 0.6) is 0 Å². The second-order valence-electron chi connectivity index (χ2n) is 5.01. The van der Waals surface area contributed by atoms with Crippen LogP contribution in [0.1, 0.15) is 18.5 Å². The van der Waals surface area contributed by atoms with Crippen molar-refractivity contribution >= 4 is 25.8 Å². The van der Waals surface area contributed by atoms with Crippen molar-refractivity contribution in [3.63, 3.8) is 0 Å². The fourth-order valence-corrected chi connectivity index (χ4v) is 4.65. The molecule has 0 saturated carbocycles. The van der Waals surface area contributed by atoms with E-state index < -0.39 is 9.84 Å². The molecule has 19 heavy (non-hydrogen) atoms. The van der Waals surface area contributed by atoms with Crippen LogP contribution < -0.4 is 5.73 Å². The first-order valence-corrected chi connectivity index (χ1v) is 8.96. The molecule has 0 bridgehead atoms. The molecule has 0 amide bonds. The topological polar surface area (TPSA) is 63.4 Å². The van der Waals surface area contributed by atoms with Crippen molar-refractivity contribution in [2.75, 3.05) is 24.6 Å². The number of nitrogens with zero attached hydrogens (tertiary/aromatic N) is 1. The summed E-state index contributed by atoms with van der Waals surface area (Å²) in [5.41, 5.74) is 7.04. The second kappa shape index (κ2) is 5.91. The van der Waals surface area contributed by atoms with Crippen LogP contribution in [-0.2, 0) is 9.84 Å². The highest BCUT2D eigenvalue weighted by atomic mass is 79.9. The Bertz CT molecular complexity index is 547. The SMILES string of the molecule is CC1CS(=O)(=O)CCN1C(CN)c1cccc(Br)c1. The van der Waals surface area contributed by atoms with E-state index in [0.29, 0.717) is 13.1 Å². The summed E-state index contributed by atoms with van der Waals surface area (Å²) in [6.45, 7) is 3.00. The summed E-state index contributed by atoms with van der Waals surface area (Å²) >= 11 is 3.46. The Labute approximate surface area is 123 Å². The molecule has 2 N–H and O–H groups in total. The number of halogens is 1. The van der Waals surface area contributed by atoms with Gasteiger partial charge in [0.2, 0.25) is 0 Å². The number of nitrogens with two attached hydrogens (primary N) is 1. The third kappa shape index (κ3) is 3.56. The minimum Gasteiger partial charge on any atom is -0.329 e. The van der Waals surface area contributed by atoms with Gasteiger partial charge in [0.15, 0.2) is 9.84 Å². The number of hydrogen-bond acceptors (Lipinski definition) is 4. The maximum Gasteiger partial charge on any atom is 0.153 e. The van der Waals surface area contributed by atoms with Gasteiger partial charge < -0.3 is 5.73 Å². The van der Waals surface area contributed by atoms with E-state index in [4.69, 9.17) is 5.73 Å². The summed E-state index contributed by atoms with van der Waals surface area (Å²) in [4.78, 5) is 2.20. The molecule has 6 heteroatoms. The maximum atomic E-state index is 11.6. The van der Waals surface area contributed by atoms with Crippen LogP contribution in [0.15, 0.2) is 28.7 Å². The van der Waals surface area contributed by atoms with Crippen molar-refractivity contribution in [3.8, 4) is 0 Å². The Morgan fingerprint density at radius 3 is 2.84 bits per heavy atom. The molecule has 1 saturated heterocycles. The van der Waals surface area contributed by atoms with Gasteiger partial charge in [0.1, 0.15) is 0 Å². The Hall–Kier alpha value is -0.430. The van der Waals surface area contributed by atoms with Gasteiger partial charge in [-0.3, -0.25) is 4.90 Å². The molecule has 0 radical (unpaired) electrons. The van der Waals surface area contributed by atoms with Crippen LogP contribution in [0.4, 0.5) is 0 Å². The normalized spacial score (nSPS) is 25.1. The number of hydrogen-bond donors (Lipinski definition) is 1. The van der Waals surface area contributed by atoms with Crippen molar-refractivity contribution < 1.29 is 8.42 Å². The van der Waals surface area contributed by atoms with Crippen LogP contribution in [-0.4, -0.2) is 44.0 Å². The molecule has 0 aliphatic carbocycles. The predicted molar refractivity (Wildman–Crippen MR) is 80.8 cm³/mol. The van der Waals surface area contributed by atoms with Crippen LogP contribution >= 0.6 is 15.9 Å². The van der Waals surface area contributed by atoms with Crippen molar-refractivity contribution in [1.82, 2.24) is 4.90 Å². The largest absolute Gasteiger partial charge is 0.329 e.